The van der Waals surface area contributed by atoms with Crippen LogP contribution in [-0.4, -0.2) is 24.3 Å². The van der Waals surface area contributed by atoms with E-state index in [9.17, 15) is 0 Å². The molecule has 2 nitrogen and oxygen atoms in total. The highest BCUT2D eigenvalue weighted by Crippen LogP contribution is 2.21. The van der Waals surface area contributed by atoms with Crippen molar-refractivity contribution in [2.45, 2.75) is 45.3 Å². The van der Waals surface area contributed by atoms with Crippen molar-refractivity contribution < 1.29 is 4.74 Å². The highest BCUT2D eigenvalue weighted by Gasteiger charge is 2.33. The fraction of sp³-hybridized carbons (Fsp3) is 1.00. The monoisotopic (exact) mass is 157 g/mol. The highest BCUT2D eigenvalue weighted by atomic mass is 16.5. The van der Waals surface area contributed by atoms with Crippen LogP contribution >= 0.6 is 0 Å². The Morgan fingerprint density at radius 2 is 2.00 bits per heavy atom. The predicted molar refractivity (Wildman–Crippen MR) is 46.7 cm³/mol. The van der Waals surface area contributed by atoms with Crippen molar-refractivity contribution in [1.29, 1.82) is 0 Å². The Morgan fingerprint density at radius 1 is 1.36 bits per heavy atom. The molecule has 0 aromatic rings. The molecular weight excluding hydrogens is 138 g/mol. The lowest BCUT2D eigenvalue weighted by atomic mass is 9.95. The molecule has 0 amide bonds. The lowest BCUT2D eigenvalue weighted by molar-refractivity contribution is -0.0835. The Balaban J connectivity index is 2.48. The number of hydrogen-bond donors (Lipinski definition) is 1. The van der Waals surface area contributed by atoms with E-state index in [1.54, 1.807) is 0 Å². The van der Waals surface area contributed by atoms with Crippen LogP contribution in [-0.2, 0) is 4.74 Å². The van der Waals surface area contributed by atoms with E-state index in [1.165, 1.54) is 0 Å². The summed E-state index contributed by atoms with van der Waals surface area (Å²) in [5, 5.41) is 3.51. The first-order valence-corrected chi connectivity index (χ1v) is 4.36. The summed E-state index contributed by atoms with van der Waals surface area (Å²) >= 11 is 0. The first kappa shape index (κ1) is 9.01. The molecular formula is C9H19NO. The fourth-order valence-corrected chi connectivity index (χ4v) is 1.11. The van der Waals surface area contributed by atoms with E-state index < -0.39 is 0 Å². The third-order valence-electron chi connectivity index (χ3n) is 2.50. The SMILES string of the molecule is CCC1(C)COC(C)(C)CN1. The Kier molecular flexibility index (Phi) is 2.26. The zero-order valence-corrected chi connectivity index (χ0v) is 8.03. The lowest BCUT2D eigenvalue weighted by Crippen LogP contribution is -2.58. The molecule has 1 atom stereocenters. The van der Waals surface area contributed by atoms with Crippen molar-refractivity contribution in [3.8, 4) is 0 Å². The van der Waals surface area contributed by atoms with Crippen LogP contribution in [0, 0.1) is 0 Å². The van der Waals surface area contributed by atoms with E-state index in [1.807, 2.05) is 0 Å². The molecule has 1 unspecified atom stereocenters. The average Bonchev–Trinajstić information content (AvgIpc) is 1.97. The summed E-state index contributed by atoms with van der Waals surface area (Å²) in [7, 11) is 0. The molecule has 1 aliphatic heterocycles. The first-order chi connectivity index (χ1) is 4.97. The molecule has 0 aliphatic carbocycles. The van der Waals surface area contributed by atoms with E-state index in [-0.39, 0.29) is 11.1 Å². The van der Waals surface area contributed by atoms with Gasteiger partial charge in [0.1, 0.15) is 0 Å². The van der Waals surface area contributed by atoms with Crippen LogP contribution in [0.5, 0.6) is 0 Å². The summed E-state index contributed by atoms with van der Waals surface area (Å²) in [6.45, 7) is 10.4. The second-order valence-corrected chi connectivity index (χ2v) is 4.32. The summed E-state index contributed by atoms with van der Waals surface area (Å²) in [5.41, 5.74) is 0.226. The van der Waals surface area contributed by atoms with Gasteiger partial charge in [-0.25, -0.2) is 0 Å². The number of rotatable bonds is 1. The number of nitrogens with one attached hydrogen (secondary N) is 1. The first-order valence-electron chi connectivity index (χ1n) is 4.36. The van der Waals surface area contributed by atoms with Gasteiger partial charge in [-0.05, 0) is 27.2 Å². The van der Waals surface area contributed by atoms with E-state index in [0.717, 1.165) is 19.6 Å². The van der Waals surface area contributed by atoms with Crippen molar-refractivity contribution in [3.05, 3.63) is 0 Å². The van der Waals surface area contributed by atoms with Crippen LogP contribution in [0.3, 0.4) is 0 Å². The Labute approximate surface area is 69.3 Å². The van der Waals surface area contributed by atoms with Gasteiger partial charge in [0.15, 0.2) is 0 Å². The molecule has 11 heavy (non-hydrogen) atoms. The van der Waals surface area contributed by atoms with Crippen LogP contribution in [0.15, 0.2) is 0 Å². The van der Waals surface area contributed by atoms with Crippen LogP contribution in [0.4, 0.5) is 0 Å². The Morgan fingerprint density at radius 3 is 2.36 bits per heavy atom. The van der Waals surface area contributed by atoms with Crippen molar-refractivity contribution in [2.75, 3.05) is 13.2 Å². The molecule has 1 heterocycles. The van der Waals surface area contributed by atoms with Crippen molar-refractivity contribution in [1.82, 2.24) is 5.32 Å². The van der Waals surface area contributed by atoms with Gasteiger partial charge in [0.05, 0.1) is 12.2 Å². The van der Waals surface area contributed by atoms with Crippen molar-refractivity contribution >= 4 is 0 Å². The second kappa shape index (κ2) is 2.76. The van der Waals surface area contributed by atoms with E-state index in [0.29, 0.717) is 0 Å². The molecule has 66 valence electrons. The molecule has 0 aromatic heterocycles. The van der Waals surface area contributed by atoms with Crippen molar-refractivity contribution in [2.24, 2.45) is 0 Å². The molecule has 1 rings (SSSR count). The topological polar surface area (TPSA) is 21.3 Å². The largest absolute Gasteiger partial charge is 0.372 e. The quantitative estimate of drug-likeness (QED) is 0.623. The van der Waals surface area contributed by atoms with Gasteiger partial charge in [-0.15, -0.1) is 0 Å². The van der Waals surface area contributed by atoms with Gasteiger partial charge in [0.2, 0.25) is 0 Å². The Bertz CT molecular complexity index is 132. The fourth-order valence-electron chi connectivity index (χ4n) is 1.11. The number of morpholine rings is 1. The normalized spacial score (nSPS) is 37.1. The third kappa shape index (κ3) is 2.17. The van der Waals surface area contributed by atoms with Gasteiger partial charge in [-0.1, -0.05) is 6.92 Å². The van der Waals surface area contributed by atoms with Gasteiger partial charge in [0.25, 0.3) is 0 Å². The van der Waals surface area contributed by atoms with Crippen LogP contribution in [0.2, 0.25) is 0 Å². The summed E-state index contributed by atoms with van der Waals surface area (Å²) in [5.74, 6) is 0. The molecule has 0 bridgehead atoms. The zero-order valence-electron chi connectivity index (χ0n) is 8.03. The Hall–Kier alpha value is -0.0800. The average molecular weight is 157 g/mol. The molecule has 0 spiro atoms. The summed E-state index contributed by atoms with van der Waals surface area (Å²) in [4.78, 5) is 0. The maximum absolute atomic E-state index is 5.71. The summed E-state index contributed by atoms with van der Waals surface area (Å²) in [6, 6.07) is 0. The lowest BCUT2D eigenvalue weighted by Gasteiger charge is -2.42. The van der Waals surface area contributed by atoms with Crippen molar-refractivity contribution in [3.63, 3.8) is 0 Å². The molecule has 1 fully saturated rings. The molecule has 0 saturated carbocycles. The maximum Gasteiger partial charge on any atom is 0.0751 e. The van der Waals surface area contributed by atoms with Crippen LogP contribution < -0.4 is 5.32 Å². The van der Waals surface area contributed by atoms with Gasteiger partial charge in [-0.2, -0.15) is 0 Å². The van der Waals surface area contributed by atoms with Gasteiger partial charge >= 0.3 is 0 Å². The molecule has 0 radical (unpaired) electrons. The maximum atomic E-state index is 5.71. The molecule has 2 heteroatoms. The molecule has 1 N–H and O–H groups in total. The minimum absolute atomic E-state index is 0.0225. The van der Waals surface area contributed by atoms with Gasteiger partial charge in [-0.3, -0.25) is 0 Å². The van der Waals surface area contributed by atoms with E-state index >= 15 is 0 Å². The van der Waals surface area contributed by atoms with E-state index in [4.69, 9.17) is 4.74 Å². The van der Waals surface area contributed by atoms with Gasteiger partial charge in [0, 0.05) is 12.1 Å². The third-order valence-corrected chi connectivity index (χ3v) is 2.50. The smallest absolute Gasteiger partial charge is 0.0751 e. The van der Waals surface area contributed by atoms with Crippen LogP contribution in [0.1, 0.15) is 34.1 Å². The highest BCUT2D eigenvalue weighted by molar-refractivity contribution is 4.90. The standard InChI is InChI=1S/C9H19NO/c1-5-9(4)7-11-8(2,3)6-10-9/h10H,5-7H2,1-4H3. The van der Waals surface area contributed by atoms with Gasteiger partial charge < -0.3 is 10.1 Å². The zero-order chi connectivity index (χ0) is 8.54. The second-order valence-electron chi connectivity index (χ2n) is 4.32. The summed E-state index contributed by atoms with van der Waals surface area (Å²) < 4.78 is 5.71. The molecule has 1 aliphatic rings. The number of ether oxygens (including phenoxy) is 1. The number of hydrogen-bond acceptors (Lipinski definition) is 2. The molecule has 1 saturated heterocycles. The summed E-state index contributed by atoms with van der Waals surface area (Å²) in [6.07, 6.45) is 1.13. The minimum atomic E-state index is 0.0225. The minimum Gasteiger partial charge on any atom is -0.372 e. The van der Waals surface area contributed by atoms with Crippen LogP contribution in [0.25, 0.3) is 0 Å². The predicted octanol–water partition coefficient (Wildman–Crippen LogP) is 1.55. The van der Waals surface area contributed by atoms with E-state index in [2.05, 4.69) is 33.0 Å². The molecule has 0 aromatic carbocycles.